The average Bonchev–Trinajstić information content (AvgIpc) is 4.08. The van der Waals surface area contributed by atoms with Gasteiger partial charge in [-0.3, -0.25) is 0 Å². The van der Waals surface area contributed by atoms with E-state index in [2.05, 4.69) is 108 Å². The number of hydrogen-bond donors (Lipinski definition) is 0. The summed E-state index contributed by atoms with van der Waals surface area (Å²) < 4.78 is 54.9. The van der Waals surface area contributed by atoms with Crippen molar-refractivity contribution in [2.24, 2.45) is 0 Å². The van der Waals surface area contributed by atoms with Crippen LogP contribution in [0.4, 0.5) is 0 Å². The van der Waals surface area contributed by atoms with Crippen LogP contribution in [0.15, 0.2) is 211 Å². The zero-order valence-corrected chi connectivity index (χ0v) is 34.2. The van der Waals surface area contributed by atoms with E-state index in [1.165, 1.54) is 20.2 Å². The molecular weight excluding hydrogens is 789 g/mol. The molecule has 4 heterocycles. The first-order valence-electron chi connectivity index (χ1n) is 23.2. The highest BCUT2D eigenvalue weighted by Gasteiger charge is 2.23. The van der Waals surface area contributed by atoms with Crippen molar-refractivity contribution >= 4 is 75.3 Å². The highest BCUT2D eigenvalue weighted by Crippen LogP contribution is 2.44. The van der Waals surface area contributed by atoms with Crippen molar-refractivity contribution < 1.29 is 11.3 Å². The summed E-state index contributed by atoms with van der Waals surface area (Å²) in [6.45, 7) is 0. The molecule has 0 N–H and O–H groups in total. The second kappa shape index (κ2) is 14.2. The molecule has 0 aliphatic rings. The van der Waals surface area contributed by atoms with E-state index in [-0.39, 0.29) is 17.6 Å². The van der Waals surface area contributed by atoms with Gasteiger partial charge in [-0.05, 0) is 47.0 Å². The van der Waals surface area contributed by atoms with Crippen LogP contribution in [-0.4, -0.2) is 19.5 Å². The molecule has 0 atom stereocenters. The molecule has 294 valence electrons. The smallest absolute Gasteiger partial charge is 0.167 e. The SMILES string of the molecule is [2H]c1c([2H])c([2H])c(-c2cccc3c2oc2c(-c4nc(-c5ccccc5)nc(-c5ccc(-c6cccc7c6sc6ccccc67)cc5)n4)cc(-n4c5ccccc5c5ccccc54)cc23)c([2H])c1[2H]. The molecule has 5 nitrogen and oxygen atoms in total. The molecule has 0 radical (unpaired) electrons. The molecule has 6 heteroatoms. The Bertz CT molecular complexity index is 4140. The topological polar surface area (TPSA) is 56.7 Å². The van der Waals surface area contributed by atoms with E-state index in [9.17, 15) is 0 Å². The summed E-state index contributed by atoms with van der Waals surface area (Å²) >= 11 is 1.80. The van der Waals surface area contributed by atoms with Gasteiger partial charge in [0.25, 0.3) is 0 Å². The lowest BCUT2D eigenvalue weighted by atomic mass is 10.0. The number of furan rings is 1. The van der Waals surface area contributed by atoms with Gasteiger partial charge in [0.1, 0.15) is 11.2 Å². The molecule has 13 aromatic rings. The molecule has 0 saturated heterocycles. The number of thiophene rings is 1. The van der Waals surface area contributed by atoms with Gasteiger partial charge in [-0.2, -0.15) is 0 Å². The van der Waals surface area contributed by atoms with Gasteiger partial charge in [0, 0.05) is 64.1 Å². The van der Waals surface area contributed by atoms with Crippen LogP contribution < -0.4 is 0 Å². The first-order valence-corrected chi connectivity index (χ1v) is 21.5. The Labute approximate surface area is 372 Å². The fourth-order valence-electron chi connectivity index (χ4n) is 9.08. The fraction of sp³-hybridized carbons (Fsp3) is 0. The molecular formula is C57H34N4OS. The van der Waals surface area contributed by atoms with E-state index in [1.807, 2.05) is 66.7 Å². The van der Waals surface area contributed by atoms with Crippen molar-refractivity contribution in [3.05, 3.63) is 206 Å². The third-order valence-corrected chi connectivity index (χ3v) is 13.2. The number of benzene rings is 9. The van der Waals surface area contributed by atoms with Gasteiger partial charge in [0.2, 0.25) is 0 Å². The molecule has 0 bridgehead atoms. The Balaban J connectivity index is 1.07. The number of hydrogen-bond acceptors (Lipinski definition) is 5. The van der Waals surface area contributed by atoms with Crippen LogP contribution >= 0.6 is 11.3 Å². The first kappa shape index (κ1) is 30.8. The molecule has 0 spiro atoms. The molecule has 0 fully saturated rings. The van der Waals surface area contributed by atoms with Crippen LogP contribution in [0.5, 0.6) is 0 Å². The molecule has 0 unspecified atom stereocenters. The lowest BCUT2D eigenvalue weighted by Gasteiger charge is -2.13. The Kier molecular flexibility index (Phi) is 6.94. The summed E-state index contributed by atoms with van der Waals surface area (Å²) in [6, 6.07) is 57.6. The third-order valence-electron chi connectivity index (χ3n) is 12.0. The van der Waals surface area contributed by atoms with Gasteiger partial charge in [-0.15, -0.1) is 11.3 Å². The summed E-state index contributed by atoms with van der Waals surface area (Å²) in [4.78, 5) is 15.6. The van der Waals surface area contributed by atoms with E-state index in [1.54, 1.807) is 17.4 Å². The molecule has 0 aliphatic carbocycles. The van der Waals surface area contributed by atoms with Crippen molar-refractivity contribution in [2.45, 2.75) is 0 Å². The van der Waals surface area contributed by atoms with Gasteiger partial charge in [-0.1, -0.05) is 176 Å². The standard InChI is InChI=1S/C57H34N4OS/c1-3-15-35(16-4-1)40-22-13-24-45-47-33-39(61-49-26-10-7-19-42(49)43-20-8-11-27-50(43)61)34-48(53(47)62-52(40)45)57-59-55(37-17-5-2-6-18-37)58-56(60-57)38-31-29-36(30-32-38)41-23-14-25-46-44-21-9-12-28-51(44)63-54(41)46/h1-34H/i1D,3D,4D,15D,16D. The molecule has 13 rings (SSSR count). The molecule has 0 saturated carbocycles. The molecule has 0 amide bonds. The van der Waals surface area contributed by atoms with Crippen LogP contribution in [-0.2, 0) is 0 Å². The highest BCUT2D eigenvalue weighted by atomic mass is 32.1. The monoisotopic (exact) mass is 827 g/mol. The van der Waals surface area contributed by atoms with Crippen LogP contribution in [0.2, 0.25) is 0 Å². The Morgan fingerprint density at radius 1 is 0.413 bits per heavy atom. The van der Waals surface area contributed by atoms with Crippen LogP contribution in [0.1, 0.15) is 6.85 Å². The van der Waals surface area contributed by atoms with Crippen LogP contribution in [0.3, 0.4) is 0 Å². The maximum atomic E-state index is 8.93. The third kappa shape index (κ3) is 5.73. The summed E-state index contributed by atoms with van der Waals surface area (Å²) in [5, 5.41) is 6.14. The van der Waals surface area contributed by atoms with E-state index < -0.39 is 18.1 Å². The largest absolute Gasteiger partial charge is 0.455 e. The number of fused-ring (bicyclic) bond motifs is 9. The Morgan fingerprint density at radius 3 is 1.73 bits per heavy atom. The van der Waals surface area contributed by atoms with Crippen LogP contribution in [0, 0.1) is 0 Å². The lowest BCUT2D eigenvalue weighted by Crippen LogP contribution is -2.01. The zero-order valence-electron chi connectivity index (χ0n) is 38.3. The average molecular weight is 828 g/mol. The molecule has 4 aromatic heterocycles. The molecule has 63 heavy (non-hydrogen) atoms. The van der Waals surface area contributed by atoms with E-state index in [4.69, 9.17) is 26.2 Å². The number of nitrogens with zero attached hydrogens (tertiary/aromatic N) is 4. The number of para-hydroxylation sites is 3. The number of aromatic nitrogens is 4. The summed E-state index contributed by atoms with van der Waals surface area (Å²) in [5.74, 6) is 1.34. The Morgan fingerprint density at radius 2 is 0.984 bits per heavy atom. The first-order chi connectivity index (χ1) is 33.3. The second-order valence-corrected chi connectivity index (χ2v) is 16.6. The lowest BCUT2D eigenvalue weighted by molar-refractivity contribution is 0.670. The van der Waals surface area contributed by atoms with Gasteiger partial charge in [0.05, 0.1) is 23.5 Å². The van der Waals surface area contributed by atoms with Gasteiger partial charge < -0.3 is 8.98 Å². The summed E-state index contributed by atoms with van der Waals surface area (Å²) in [5.41, 5.74) is 8.62. The maximum Gasteiger partial charge on any atom is 0.167 e. The van der Waals surface area contributed by atoms with E-state index >= 15 is 0 Å². The summed E-state index contributed by atoms with van der Waals surface area (Å²) in [7, 11) is 0. The van der Waals surface area contributed by atoms with Crippen molar-refractivity contribution in [3.8, 4) is 62.1 Å². The van der Waals surface area contributed by atoms with Gasteiger partial charge in [-0.25, -0.2) is 15.0 Å². The zero-order chi connectivity index (χ0) is 45.8. The van der Waals surface area contributed by atoms with Gasteiger partial charge in [0.15, 0.2) is 17.5 Å². The quantitative estimate of drug-likeness (QED) is 0.168. The van der Waals surface area contributed by atoms with E-state index in [0.29, 0.717) is 45.2 Å². The second-order valence-electron chi connectivity index (χ2n) is 15.6. The maximum absolute atomic E-state index is 8.93. The minimum absolute atomic E-state index is 0.0608. The van der Waals surface area contributed by atoms with Crippen molar-refractivity contribution in [1.29, 1.82) is 0 Å². The van der Waals surface area contributed by atoms with Crippen molar-refractivity contribution in [3.63, 3.8) is 0 Å². The minimum atomic E-state index is -0.457. The molecule has 0 aliphatic heterocycles. The normalized spacial score (nSPS) is 12.9. The Hall–Kier alpha value is -8.19. The van der Waals surface area contributed by atoms with Crippen molar-refractivity contribution in [1.82, 2.24) is 19.5 Å². The predicted molar refractivity (Wildman–Crippen MR) is 262 cm³/mol. The fourth-order valence-corrected chi connectivity index (χ4v) is 10.3. The predicted octanol–water partition coefficient (Wildman–Crippen LogP) is 15.6. The van der Waals surface area contributed by atoms with Gasteiger partial charge >= 0.3 is 0 Å². The summed E-state index contributed by atoms with van der Waals surface area (Å²) in [6.07, 6.45) is 0. The van der Waals surface area contributed by atoms with Crippen LogP contribution in [0.25, 0.3) is 126 Å². The molecule has 9 aromatic carbocycles. The van der Waals surface area contributed by atoms with Crippen molar-refractivity contribution in [2.75, 3.05) is 0 Å². The highest BCUT2D eigenvalue weighted by molar-refractivity contribution is 7.26. The number of rotatable bonds is 6. The van der Waals surface area contributed by atoms with E-state index in [0.717, 1.165) is 55.1 Å². The minimum Gasteiger partial charge on any atom is -0.455 e.